The maximum Gasteiger partial charge on any atom is 0.253 e. The van der Waals surface area contributed by atoms with Crippen LogP contribution in [0.5, 0.6) is 0 Å². The molecule has 0 aliphatic carbocycles. The highest BCUT2D eigenvalue weighted by atomic mass is 16.2. The van der Waals surface area contributed by atoms with Crippen LogP contribution in [-0.4, -0.2) is 33.9 Å². The van der Waals surface area contributed by atoms with E-state index in [4.69, 9.17) is 0 Å². The van der Waals surface area contributed by atoms with E-state index in [1.807, 2.05) is 59.5 Å². The van der Waals surface area contributed by atoms with Crippen LogP contribution < -0.4 is 5.32 Å². The summed E-state index contributed by atoms with van der Waals surface area (Å²) in [5.74, 6) is 1.43. The summed E-state index contributed by atoms with van der Waals surface area (Å²) in [5, 5.41) is 3.30. The van der Waals surface area contributed by atoms with Gasteiger partial charge in [0.05, 0.1) is 0 Å². The Kier molecular flexibility index (Phi) is 6.95. The van der Waals surface area contributed by atoms with Crippen LogP contribution in [0.25, 0.3) is 11.4 Å². The number of aryl methyl sites for hydroxylation is 1. The fraction of sp³-hybridized carbons (Fsp3) is 0.292. The highest BCUT2D eigenvalue weighted by Gasteiger charge is 2.14. The van der Waals surface area contributed by atoms with Crippen LogP contribution in [0.1, 0.15) is 42.6 Å². The van der Waals surface area contributed by atoms with Crippen molar-refractivity contribution in [1.29, 1.82) is 0 Å². The lowest BCUT2D eigenvalue weighted by Crippen LogP contribution is -2.32. The minimum Gasteiger partial charge on any atom is -0.340 e. The molecule has 1 amide bonds. The Morgan fingerprint density at radius 2 is 1.72 bits per heavy atom. The lowest BCUT2D eigenvalue weighted by molar-refractivity contribution is 0.0755. The first-order chi connectivity index (χ1) is 14.1. The number of anilines is 2. The second kappa shape index (κ2) is 9.82. The molecule has 3 aromatic rings. The van der Waals surface area contributed by atoms with Crippen molar-refractivity contribution < 1.29 is 4.79 Å². The molecule has 0 aliphatic rings. The third-order valence-corrected chi connectivity index (χ3v) is 4.62. The standard InChI is InChI=1S/C24H28N4O/c1-4-15-28(16-5-2)24(29)20-7-6-8-21(17-20)26-22-13-14-25-23(27-22)19-11-9-18(3)10-12-19/h6-14,17H,4-5,15-16H2,1-3H3,(H,25,26,27). The van der Waals surface area contributed by atoms with Gasteiger partial charge in [0.2, 0.25) is 0 Å². The third kappa shape index (κ3) is 5.41. The van der Waals surface area contributed by atoms with Gasteiger partial charge in [0.15, 0.2) is 5.82 Å². The number of carbonyl (C=O) groups excluding carboxylic acids is 1. The summed E-state index contributed by atoms with van der Waals surface area (Å²) in [7, 11) is 0. The molecular weight excluding hydrogens is 360 g/mol. The summed E-state index contributed by atoms with van der Waals surface area (Å²) in [6, 6.07) is 17.5. The first-order valence-electron chi connectivity index (χ1n) is 10.2. The van der Waals surface area contributed by atoms with Crippen molar-refractivity contribution in [2.45, 2.75) is 33.6 Å². The molecule has 0 saturated carbocycles. The van der Waals surface area contributed by atoms with Crippen molar-refractivity contribution in [1.82, 2.24) is 14.9 Å². The Balaban J connectivity index is 1.79. The predicted octanol–water partition coefficient (Wildman–Crippen LogP) is 5.46. The van der Waals surface area contributed by atoms with Gasteiger partial charge in [0, 0.05) is 36.1 Å². The van der Waals surface area contributed by atoms with Gasteiger partial charge in [0.25, 0.3) is 5.91 Å². The molecule has 5 heteroatoms. The number of nitrogens with zero attached hydrogens (tertiary/aromatic N) is 3. The van der Waals surface area contributed by atoms with E-state index in [1.165, 1.54) is 5.56 Å². The van der Waals surface area contributed by atoms with Gasteiger partial charge < -0.3 is 10.2 Å². The Labute approximate surface area is 172 Å². The van der Waals surface area contributed by atoms with Gasteiger partial charge in [0.1, 0.15) is 5.82 Å². The predicted molar refractivity (Wildman–Crippen MR) is 118 cm³/mol. The van der Waals surface area contributed by atoms with Gasteiger partial charge in [-0.2, -0.15) is 0 Å². The van der Waals surface area contributed by atoms with Crippen LogP contribution in [-0.2, 0) is 0 Å². The Morgan fingerprint density at radius 1 is 1.00 bits per heavy atom. The average Bonchev–Trinajstić information content (AvgIpc) is 2.74. The highest BCUT2D eigenvalue weighted by molar-refractivity contribution is 5.95. The van der Waals surface area contributed by atoms with Crippen molar-refractivity contribution in [3.05, 3.63) is 71.9 Å². The van der Waals surface area contributed by atoms with Gasteiger partial charge >= 0.3 is 0 Å². The van der Waals surface area contributed by atoms with Crippen LogP contribution in [0, 0.1) is 6.92 Å². The normalized spacial score (nSPS) is 10.6. The van der Waals surface area contributed by atoms with Gasteiger partial charge in [-0.3, -0.25) is 4.79 Å². The molecule has 0 radical (unpaired) electrons. The minimum absolute atomic E-state index is 0.0698. The van der Waals surface area contributed by atoms with E-state index < -0.39 is 0 Å². The van der Waals surface area contributed by atoms with Gasteiger partial charge in [-0.1, -0.05) is 49.7 Å². The summed E-state index contributed by atoms with van der Waals surface area (Å²) >= 11 is 0. The molecule has 3 rings (SSSR count). The first kappa shape index (κ1) is 20.5. The molecule has 0 aliphatic heterocycles. The Morgan fingerprint density at radius 3 is 2.41 bits per heavy atom. The van der Waals surface area contributed by atoms with E-state index in [-0.39, 0.29) is 5.91 Å². The summed E-state index contributed by atoms with van der Waals surface area (Å²) in [5.41, 5.74) is 3.68. The van der Waals surface area contributed by atoms with Gasteiger partial charge in [-0.25, -0.2) is 9.97 Å². The number of amides is 1. The number of nitrogens with one attached hydrogen (secondary N) is 1. The second-order valence-electron chi connectivity index (χ2n) is 7.13. The number of aromatic nitrogens is 2. The molecule has 0 saturated heterocycles. The zero-order valence-electron chi connectivity index (χ0n) is 17.4. The van der Waals surface area contributed by atoms with Crippen molar-refractivity contribution in [2.75, 3.05) is 18.4 Å². The molecule has 0 bridgehead atoms. The SMILES string of the molecule is CCCN(CCC)C(=O)c1cccc(Nc2ccnc(-c3ccc(C)cc3)n2)c1. The maximum absolute atomic E-state index is 12.9. The summed E-state index contributed by atoms with van der Waals surface area (Å²) in [6.07, 6.45) is 3.64. The fourth-order valence-corrected chi connectivity index (χ4v) is 3.19. The zero-order chi connectivity index (χ0) is 20.6. The summed E-state index contributed by atoms with van der Waals surface area (Å²) in [6.45, 7) is 7.79. The lowest BCUT2D eigenvalue weighted by Gasteiger charge is -2.21. The number of rotatable bonds is 8. The summed E-state index contributed by atoms with van der Waals surface area (Å²) < 4.78 is 0. The average molecular weight is 389 g/mol. The topological polar surface area (TPSA) is 58.1 Å². The van der Waals surface area contributed by atoms with Crippen LogP contribution in [0.4, 0.5) is 11.5 Å². The van der Waals surface area contributed by atoms with E-state index in [1.54, 1.807) is 6.20 Å². The molecule has 0 spiro atoms. The molecular formula is C24H28N4O. The molecule has 150 valence electrons. The number of benzene rings is 2. The molecule has 0 unspecified atom stereocenters. The number of hydrogen-bond donors (Lipinski definition) is 1. The van der Waals surface area contributed by atoms with Crippen molar-refractivity contribution in [2.24, 2.45) is 0 Å². The first-order valence-corrected chi connectivity index (χ1v) is 10.2. The van der Waals surface area contributed by atoms with Gasteiger partial charge in [-0.05, 0) is 44.0 Å². The van der Waals surface area contributed by atoms with E-state index in [0.29, 0.717) is 17.2 Å². The van der Waals surface area contributed by atoms with Crippen LogP contribution in [0.2, 0.25) is 0 Å². The minimum atomic E-state index is 0.0698. The van der Waals surface area contributed by atoms with Crippen LogP contribution >= 0.6 is 0 Å². The largest absolute Gasteiger partial charge is 0.340 e. The fourth-order valence-electron chi connectivity index (χ4n) is 3.19. The van der Waals surface area contributed by atoms with Crippen molar-refractivity contribution in [3.8, 4) is 11.4 Å². The molecule has 1 heterocycles. The van der Waals surface area contributed by atoms with Crippen molar-refractivity contribution in [3.63, 3.8) is 0 Å². The van der Waals surface area contributed by atoms with Crippen LogP contribution in [0.15, 0.2) is 60.8 Å². The monoisotopic (exact) mass is 388 g/mol. The highest BCUT2D eigenvalue weighted by Crippen LogP contribution is 2.21. The van der Waals surface area contributed by atoms with Crippen molar-refractivity contribution >= 4 is 17.4 Å². The second-order valence-corrected chi connectivity index (χ2v) is 7.13. The molecule has 29 heavy (non-hydrogen) atoms. The molecule has 1 aromatic heterocycles. The zero-order valence-corrected chi connectivity index (χ0v) is 17.4. The Hall–Kier alpha value is -3.21. The maximum atomic E-state index is 12.9. The lowest BCUT2D eigenvalue weighted by atomic mass is 10.1. The molecule has 2 aromatic carbocycles. The Bertz CT molecular complexity index is 947. The molecule has 0 atom stereocenters. The molecule has 1 N–H and O–H groups in total. The smallest absolute Gasteiger partial charge is 0.253 e. The molecule has 0 fully saturated rings. The van der Waals surface area contributed by atoms with Crippen LogP contribution in [0.3, 0.4) is 0 Å². The van der Waals surface area contributed by atoms with E-state index in [0.717, 1.165) is 37.2 Å². The van der Waals surface area contributed by atoms with E-state index >= 15 is 0 Å². The molecule has 5 nitrogen and oxygen atoms in total. The van der Waals surface area contributed by atoms with Gasteiger partial charge in [-0.15, -0.1) is 0 Å². The quantitative estimate of drug-likeness (QED) is 0.557. The van der Waals surface area contributed by atoms with E-state index in [2.05, 4.69) is 36.1 Å². The third-order valence-electron chi connectivity index (χ3n) is 4.62. The summed E-state index contributed by atoms with van der Waals surface area (Å²) in [4.78, 5) is 23.8. The number of carbonyl (C=O) groups is 1. The van der Waals surface area contributed by atoms with E-state index in [9.17, 15) is 4.79 Å². The number of hydrogen-bond acceptors (Lipinski definition) is 4.